The highest BCUT2D eigenvalue weighted by Crippen LogP contribution is 2.23. The van der Waals surface area contributed by atoms with Gasteiger partial charge in [-0.3, -0.25) is 4.79 Å². The first-order chi connectivity index (χ1) is 11.1. The van der Waals surface area contributed by atoms with E-state index < -0.39 is 0 Å². The SMILES string of the molecule is CC[C@@H](C)NC(=O)c1cccc(-c2nc3cccnc3n2C)c1. The molecule has 5 nitrogen and oxygen atoms in total. The molecule has 0 saturated carbocycles. The zero-order valence-electron chi connectivity index (χ0n) is 13.6. The number of hydrogen-bond donors (Lipinski definition) is 1. The van der Waals surface area contributed by atoms with Gasteiger partial charge in [-0.1, -0.05) is 19.1 Å². The Morgan fingerprint density at radius 1 is 1.30 bits per heavy atom. The number of pyridine rings is 1. The highest BCUT2D eigenvalue weighted by molar-refractivity contribution is 5.95. The van der Waals surface area contributed by atoms with Crippen LogP contribution in [0.5, 0.6) is 0 Å². The van der Waals surface area contributed by atoms with Gasteiger partial charge >= 0.3 is 0 Å². The summed E-state index contributed by atoms with van der Waals surface area (Å²) in [5.41, 5.74) is 3.22. The van der Waals surface area contributed by atoms with Gasteiger partial charge in [0.25, 0.3) is 5.91 Å². The van der Waals surface area contributed by atoms with Crippen LogP contribution >= 0.6 is 0 Å². The highest BCUT2D eigenvalue weighted by Gasteiger charge is 2.13. The third-order valence-electron chi connectivity index (χ3n) is 4.00. The zero-order valence-corrected chi connectivity index (χ0v) is 13.6. The standard InChI is InChI=1S/C18H20N4O/c1-4-12(2)20-18(23)14-8-5-7-13(11-14)16-21-15-9-6-10-19-17(15)22(16)3/h5-12H,4H2,1-3H3,(H,20,23)/t12-/m1/s1. The molecule has 0 aliphatic heterocycles. The lowest BCUT2D eigenvalue weighted by atomic mass is 10.1. The van der Waals surface area contributed by atoms with Gasteiger partial charge in [0.2, 0.25) is 0 Å². The average Bonchev–Trinajstić information content (AvgIpc) is 2.92. The molecule has 2 aromatic heterocycles. The molecule has 0 bridgehead atoms. The maximum atomic E-state index is 12.3. The molecule has 23 heavy (non-hydrogen) atoms. The largest absolute Gasteiger partial charge is 0.350 e. The van der Waals surface area contributed by atoms with Crippen LogP contribution < -0.4 is 5.32 Å². The Morgan fingerprint density at radius 3 is 2.87 bits per heavy atom. The second kappa shape index (κ2) is 6.20. The van der Waals surface area contributed by atoms with Crippen molar-refractivity contribution in [3.05, 3.63) is 48.2 Å². The number of nitrogens with zero attached hydrogens (tertiary/aromatic N) is 3. The zero-order chi connectivity index (χ0) is 16.4. The number of rotatable bonds is 4. The lowest BCUT2D eigenvalue weighted by molar-refractivity contribution is 0.0939. The summed E-state index contributed by atoms with van der Waals surface area (Å²) in [4.78, 5) is 21.3. The predicted octanol–water partition coefficient (Wildman–Crippen LogP) is 3.16. The van der Waals surface area contributed by atoms with Crippen molar-refractivity contribution in [1.29, 1.82) is 0 Å². The van der Waals surface area contributed by atoms with Crippen LogP contribution in [0.3, 0.4) is 0 Å². The van der Waals surface area contributed by atoms with E-state index in [1.54, 1.807) is 6.20 Å². The highest BCUT2D eigenvalue weighted by atomic mass is 16.1. The van der Waals surface area contributed by atoms with E-state index in [9.17, 15) is 4.79 Å². The Balaban J connectivity index is 1.98. The molecule has 0 fully saturated rings. The van der Waals surface area contributed by atoms with Crippen LogP contribution in [-0.4, -0.2) is 26.5 Å². The van der Waals surface area contributed by atoms with E-state index in [1.165, 1.54) is 0 Å². The van der Waals surface area contributed by atoms with Crippen LogP contribution in [0.15, 0.2) is 42.6 Å². The molecule has 3 aromatic rings. The molecule has 0 radical (unpaired) electrons. The maximum absolute atomic E-state index is 12.3. The average molecular weight is 308 g/mol. The van der Waals surface area contributed by atoms with Gasteiger partial charge < -0.3 is 9.88 Å². The van der Waals surface area contributed by atoms with Crippen molar-refractivity contribution in [1.82, 2.24) is 19.9 Å². The summed E-state index contributed by atoms with van der Waals surface area (Å²) in [5, 5.41) is 2.99. The fraction of sp³-hybridized carbons (Fsp3) is 0.278. The molecule has 5 heteroatoms. The summed E-state index contributed by atoms with van der Waals surface area (Å²) in [6, 6.07) is 11.5. The van der Waals surface area contributed by atoms with Gasteiger partial charge in [-0.15, -0.1) is 0 Å². The number of hydrogen-bond acceptors (Lipinski definition) is 3. The molecule has 1 atom stereocenters. The van der Waals surface area contributed by atoms with Gasteiger partial charge in [-0.05, 0) is 37.6 Å². The van der Waals surface area contributed by atoms with E-state index in [2.05, 4.69) is 15.3 Å². The van der Waals surface area contributed by atoms with Gasteiger partial charge in [0.15, 0.2) is 5.65 Å². The molecule has 2 heterocycles. The quantitative estimate of drug-likeness (QED) is 0.805. The number of aromatic nitrogens is 3. The summed E-state index contributed by atoms with van der Waals surface area (Å²) in [6.45, 7) is 4.05. The monoisotopic (exact) mass is 308 g/mol. The van der Waals surface area contributed by atoms with Crippen LogP contribution in [0, 0.1) is 0 Å². The fourth-order valence-electron chi connectivity index (χ4n) is 2.49. The van der Waals surface area contributed by atoms with Crippen LogP contribution in [-0.2, 0) is 7.05 Å². The molecule has 0 saturated heterocycles. The van der Waals surface area contributed by atoms with Crippen LogP contribution in [0.25, 0.3) is 22.6 Å². The number of amides is 1. The van der Waals surface area contributed by atoms with Crippen molar-refractivity contribution in [2.24, 2.45) is 7.05 Å². The van der Waals surface area contributed by atoms with Crippen molar-refractivity contribution in [2.75, 3.05) is 0 Å². The molecule has 1 N–H and O–H groups in total. The molecule has 1 aromatic carbocycles. The second-order valence-corrected chi connectivity index (χ2v) is 5.70. The number of benzene rings is 1. The molecular formula is C18H20N4O. The van der Waals surface area contributed by atoms with E-state index in [0.29, 0.717) is 5.56 Å². The maximum Gasteiger partial charge on any atom is 0.251 e. The number of imidazole rings is 1. The summed E-state index contributed by atoms with van der Waals surface area (Å²) in [6.07, 6.45) is 2.66. The minimum atomic E-state index is -0.0573. The van der Waals surface area contributed by atoms with Gasteiger partial charge in [0, 0.05) is 30.4 Å². The van der Waals surface area contributed by atoms with E-state index in [1.807, 2.05) is 61.9 Å². The third-order valence-corrected chi connectivity index (χ3v) is 4.00. The molecule has 0 aliphatic carbocycles. The van der Waals surface area contributed by atoms with Crippen LogP contribution in [0.2, 0.25) is 0 Å². The molecule has 1 amide bonds. The number of carbonyl (C=O) groups excluding carboxylic acids is 1. The number of aryl methyl sites for hydroxylation is 1. The van der Waals surface area contributed by atoms with Gasteiger partial charge in [0.1, 0.15) is 11.3 Å². The Kier molecular flexibility index (Phi) is 4.10. The molecule has 0 unspecified atom stereocenters. The number of carbonyl (C=O) groups is 1. The third kappa shape index (κ3) is 2.95. The molecule has 0 spiro atoms. The minimum absolute atomic E-state index is 0.0573. The van der Waals surface area contributed by atoms with Crippen molar-refractivity contribution < 1.29 is 4.79 Å². The van der Waals surface area contributed by atoms with Crippen LogP contribution in [0.4, 0.5) is 0 Å². The summed E-state index contributed by atoms with van der Waals surface area (Å²) >= 11 is 0. The topological polar surface area (TPSA) is 59.8 Å². The molecule has 0 aliphatic rings. The Labute approximate surface area is 135 Å². The van der Waals surface area contributed by atoms with E-state index in [4.69, 9.17) is 0 Å². The van der Waals surface area contributed by atoms with Gasteiger partial charge in [-0.25, -0.2) is 9.97 Å². The van der Waals surface area contributed by atoms with E-state index >= 15 is 0 Å². The Hall–Kier alpha value is -2.69. The Bertz CT molecular complexity index is 853. The first-order valence-corrected chi connectivity index (χ1v) is 7.79. The summed E-state index contributed by atoms with van der Waals surface area (Å²) in [5.74, 6) is 0.745. The summed E-state index contributed by atoms with van der Waals surface area (Å²) in [7, 11) is 1.93. The molecule has 118 valence electrons. The first kappa shape index (κ1) is 15.2. The van der Waals surface area contributed by atoms with E-state index in [0.717, 1.165) is 29.0 Å². The molecule has 3 rings (SSSR count). The minimum Gasteiger partial charge on any atom is -0.350 e. The van der Waals surface area contributed by atoms with E-state index in [-0.39, 0.29) is 11.9 Å². The number of nitrogens with one attached hydrogen (secondary N) is 1. The van der Waals surface area contributed by atoms with Crippen LogP contribution in [0.1, 0.15) is 30.6 Å². The van der Waals surface area contributed by atoms with Crippen molar-refractivity contribution in [2.45, 2.75) is 26.3 Å². The lowest BCUT2D eigenvalue weighted by Gasteiger charge is -2.12. The van der Waals surface area contributed by atoms with Crippen molar-refractivity contribution in [3.8, 4) is 11.4 Å². The fourth-order valence-corrected chi connectivity index (χ4v) is 2.49. The van der Waals surface area contributed by atoms with Crippen molar-refractivity contribution >= 4 is 17.1 Å². The predicted molar refractivity (Wildman–Crippen MR) is 91.2 cm³/mol. The smallest absolute Gasteiger partial charge is 0.251 e. The number of fused-ring (bicyclic) bond motifs is 1. The van der Waals surface area contributed by atoms with Crippen molar-refractivity contribution in [3.63, 3.8) is 0 Å². The van der Waals surface area contributed by atoms with Gasteiger partial charge in [-0.2, -0.15) is 0 Å². The van der Waals surface area contributed by atoms with Gasteiger partial charge in [0.05, 0.1) is 0 Å². The second-order valence-electron chi connectivity index (χ2n) is 5.70. The first-order valence-electron chi connectivity index (χ1n) is 7.79. The molecular weight excluding hydrogens is 288 g/mol. The normalized spacial score (nSPS) is 12.3. The summed E-state index contributed by atoms with van der Waals surface area (Å²) < 4.78 is 1.95. The Morgan fingerprint density at radius 2 is 2.13 bits per heavy atom. The lowest BCUT2D eigenvalue weighted by Crippen LogP contribution is -2.31.